The maximum Gasteiger partial charge on any atom is 0.225 e. The molecule has 0 radical (unpaired) electrons. The first-order valence-corrected chi connectivity index (χ1v) is 9.48. The predicted octanol–water partition coefficient (Wildman–Crippen LogP) is 1.91. The fourth-order valence-corrected chi connectivity index (χ4v) is 3.11. The lowest BCUT2D eigenvalue weighted by Crippen LogP contribution is -2.53. The van der Waals surface area contributed by atoms with E-state index in [1.165, 1.54) is 19.4 Å². The molecule has 0 saturated carbocycles. The van der Waals surface area contributed by atoms with Gasteiger partial charge in [0, 0.05) is 52.2 Å². The molecule has 26 heavy (non-hydrogen) atoms. The Morgan fingerprint density at radius 3 is 2.35 bits per heavy atom. The van der Waals surface area contributed by atoms with Crippen LogP contribution in [-0.4, -0.2) is 85.1 Å². The third-order valence-corrected chi connectivity index (χ3v) is 4.70. The molecular formula is C18H34IN7. The first-order chi connectivity index (χ1) is 12.3. The maximum absolute atomic E-state index is 4.45. The monoisotopic (exact) mass is 475 g/mol. The van der Waals surface area contributed by atoms with E-state index >= 15 is 0 Å². The van der Waals surface area contributed by atoms with Crippen LogP contribution in [0.25, 0.3) is 0 Å². The van der Waals surface area contributed by atoms with E-state index in [0.29, 0.717) is 0 Å². The van der Waals surface area contributed by atoms with Gasteiger partial charge in [-0.1, -0.05) is 13.8 Å². The molecule has 2 rings (SSSR count). The Bertz CT molecular complexity index is 500. The van der Waals surface area contributed by atoms with E-state index in [2.05, 4.69) is 48.8 Å². The van der Waals surface area contributed by atoms with Gasteiger partial charge in [0.1, 0.15) is 0 Å². The lowest BCUT2D eigenvalue weighted by atomic mass is 10.3. The van der Waals surface area contributed by atoms with Crippen molar-refractivity contribution in [3.8, 4) is 0 Å². The van der Waals surface area contributed by atoms with Gasteiger partial charge < -0.3 is 20.0 Å². The van der Waals surface area contributed by atoms with E-state index < -0.39 is 0 Å². The van der Waals surface area contributed by atoms with Crippen LogP contribution in [0.1, 0.15) is 26.7 Å². The summed E-state index contributed by atoms with van der Waals surface area (Å²) < 4.78 is 0. The van der Waals surface area contributed by atoms with Gasteiger partial charge in [-0.05, 0) is 38.5 Å². The molecule has 0 aliphatic carbocycles. The molecule has 1 saturated heterocycles. The Labute approximate surface area is 175 Å². The second kappa shape index (κ2) is 13.1. The Morgan fingerprint density at radius 1 is 1.12 bits per heavy atom. The summed E-state index contributed by atoms with van der Waals surface area (Å²) in [6.07, 6.45) is 6.00. The second-order valence-electron chi connectivity index (χ2n) is 6.23. The van der Waals surface area contributed by atoms with Crippen LogP contribution in [0.15, 0.2) is 23.5 Å². The number of hydrogen-bond donors (Lipinski definition) is 1. The number of nitrogens with one attached hydrogen (secondary N) is 1. The van der Waals surface area contributed by atoms with Gasteiger partial charge in [0.25, 0.3) is 0 Å². The lowest BCUT2D eigenvalue weighted by molar-refractivity contribution is 0.296. The van der Waals surface area contributed by atoms with Crippen molar-refractivity contribution in [2.45, 2.75) is 26.7 Å². The minimum Gasteiger partial charge on any atom is -0.356 e. The molecule has 0 unspecified atom stereocenters. The SMILES string of the molecule is CCN(CC)CCCCNC(=NC)N1CCN(c2ncccn2)CC1.I. The fraction of sp³-hybridized carbons (Fsp3) is 0.722. The summed E-state index contributed by atoms with van der Waals surface area (Å²) in [5.74, 6) is 1.83. The van der Waals surface area contributed by atoms with E-state index in [4.69, 9.17) is 0 Å². The van der Waals surface area contributed by atoms with Crippen molar-refractivity contribution >= 4 is 35.9 Å². The van der Waals surface area contributed by atoms with Crippen molar-refractivity contribution in [3.05, 3.63) is 18.5 Å². The highest BCUT2D eigenvalue weighted by Gasteiger charge is 2.20. The van der Waals surface area contributed by atoms with Gasteiger partial charge >= 0.3 is 0 Å². The second-order valence-corrected chi connectivity index (χ2v) is 6.23. The Morgan fingerprint density at radius 2 is 1.77 bits per heavy atom. The first-order valence-electron chi connectivity index (χ1n) is 9.48. The molecule has 1 aromatic heterocycles. The normalized spacial score (nSPS) is 15.2. The third kappa shape index (κ3) is 7.22. The van der Waals surface area contributed by atoms with Crippen LogP contribution in [0, 0.1) is 0 Å². The third-order valence-electron chi connectivity index (χ3n) is 4.70. The van der Waals surface area contributed by atoms with Gasteiger partial charge in [-0.2, -0.15) is 0 Å². The quantitative estimate of drug-likeness (QED) is 0.268. The van der Waals surface area contributed by atoms with Crippen molar-refractivity contribution in [1.82, 2.24) is 25.1 Å². The van der Waals surface area contributed by atoms with Crippen LogP contribution in [0.5, 0.6) is 0 Å². The number of nitrogens with zero attached hydrogens (tertiary/aromatic N) is 6. The highest BCUT2D eigenvalue weighted by atomic mass is 127. The molecular weight excluding hydrogens is 441 g/mol. The minimum absolute atomic E-state index is 0. The number of aromatic nitrogens is 2. The zero-order valence-electron chi connectivity index (χ0n) is 16.4. The average molecular weight is 475 g/mol. The van der Waals surface area contributed by atoms with Gasteiger partial charge in [0.15, 0.2) is 5.96 Å². The average Bonchev–Trinajstić information content (AvgIpc) is 2.68. The maximum atomic E-state index is 4.45. The summed E-state index contributed by atoms with van der Waals surface area (Å²) in [5.41, 5.74) is 0. The molecule has 1 aliphatic heterocycles. The van der Waals surface area contributed by atoms with Crippen molar-refractivity contribution < 1.29 is 0 Å². The Balaban J connectivity index is 0.00000338. The molecule has 2 heterocycles. The molecule has 0 amide bonds. The highest BCUT2D eigenvalue weighted by molar-refractivity contribution is 14.0. The van der Waals surface area contributed by atoms with Gasteiger partial charge in [0.2, 0.25) is 5.95 Å². The summed E-state index contributed by atoms with van der Waals surface area (Å²) in [7, 11) is 1.87. The number of halogens is 1. The van der Waals surface area contributed by atoms with Crippen LogP contribution in [0.3, 0.4) is 0 Å². The molecule has 0 aromatic carbocycles. The molecule has 8 heteroatoms. The summed E-state index contributed by atoms with van der Waals surface area (Å²) >= 11 is 0. The molecule has 148 valence electrons. The number of rotatable bonds is 8. The van der Waals surface area contributed by atoms with Gasteiger partial charge in [-0.3, -0.25) is 4.99 Å². The van der Waals surface area contributed by atoms with E-state index in [1.54, 1.807) is 12.4 Å². The van der Waals surface area contributed by atoms with Crippen molar-refractivity contribution in [2.75, 3.05) is 64.3 Å². The predicted molar refractivity (Wildman–Crippen MR) is 120 cm³/mol. The zero-order chi connectivity index (χ0) is 17.9. The number of unbranched alkanes of at least 4 members (excludes halogenated alkanes) is 1. The molecule has 7 nitrogen and oxygen atoms in total. The topological polar surface area (TPSA) is 59.9 Å². The summed E-state index contributed by atoms with van der Waals surface area (Å²) in [4.78, 5) is 20.1. The molecule has 1 aliphatic rings. The number of anilines is 1. The van der Waals surface area contributed by atoms with E-state index in [9.17, 15) is 0 Å². The van der Waals surface area contributed by atoms with E-state index in [-0.39, 0.29) is 24.0 Å². The van der Waals surface area contributed by atoms with Gasteiger partial charge in [-0.25, -0.2) is 9.97 Å². The number of hydrogen-bond acceptors (Lipinski definition) is 5. The molecule has 1 N–H and O–H groups in total. The zero-order valence-corrected chi connectivity index (χ0v) is 18.7. The molecule has 0 atom stereocenters. The van der Waals surface area contributed by atoms with E-state index in [0.717, 1.165) is 57.7 Å². The van der Waals surface area contributed by atoms with Crippen LogP contribution in [0.2, 0.25) is 0 Å². The molecule has 0 spiro atoms. The van der Waals surface area contributed by atoms with Gasteiger partial charge in [0.05, 0.1) is 0 Å². The largest absolute Gasteiger partial charge is 0.356 e. The Hall–Kier alpha value is -1.16. The summed E-state index contributed by atoms with van der Waals surface area (Å²) in [6.45, 7) is 12.6. The van der Waals surface area contributed by atoms with Crippen molar-refractivity contribution in [3.63, 3.8) is 0 Å². The minimum atomic E-state index is 0. The van der Waals surface area contributed by atoms with Gasteiger partial charge in [-0.15, -0.1) is 24.0 Å². The smallest absolute Gasteiger partial charge is 0.225 e. The summed E-state index contributed by atoms with van der Waals surface area (Å²) in [6, 6.07) is 1.85. The number of guanidine groups is 1. The fourth-order valence-electron chi connectivity index (χ4n) is 3.11. The standard InChI is InChI=1S/C18H33N7.HI/c1-4-23(5-2)12-7-6-9-20-17(19-3)24-13-15-25(16-14-24)18-21-10-8-11-22-18;/h8,10-11H,4-7,9,12-16H2,1-3H3,(H,19,20);1H. The van der Waals surface area contributed by atoms with Crippen LogP contribution < -0.4 is 10.2 Å². The number of piperazine rings is 1. The molecule has 0 bridgehead atoms. The summed E-state index contributed by atoms with van der Waals surface area (Å²) in [5, 5.41) is 3.51. The highest BCUT2D eigenvalue weighted by Crippen LogP contribution is 2.09. The number of aliphatic imine (C=N–C) groups is 1. The molecule has 1 fully saturated rings. The van der Waals surface area contributed by atoms with Crippen molar-refractivity contribution in [2.24, 2.45) is 4.99 Å². The molecule has 1 aromatic rings. The van der Waals surface area contributed by atoms with Crippen LogP contribution >= 0.6 is 24.0 Å². The Kier molecular flexibility index (Phi) is 11.5. The van der Waals surface area contributed by atoms with Crippen molar-refractivity contribution in [1.29, 1.82) is 0 Å². The van der Waals surface area contributed by atoms with Crippen LogP contribution in [0.4, 0.5) is 5.95 Å². The van der Waals surface area contributed by atoms with Crippen LogP contribution in [-0.2, 0) is 0 Å². The first kappa shape index (κ1) is 22.9. The lowest BCUT2D eigenvalue weighted by Gasteiger charge is -2.36. The van der Waals surface area contributed by atoms with E-state index in [1.807, 2.05) is 13.1 Å².